The van der Waals surface area contributed by atoms with Gasteiger partial charge in [0.2, 0.25) is 0 Å². The highest BCUT2D eigenvalue weighted by atomic mass is 79.9. The Kier molecular flexibility index (Phi) is 6.39. The van der Waals surface area contributed by atoms with Gasteiger partial charge < -0.3 is 15.4 Å². The summed E-state index contributed by atoms with van der Waals surface area (Å²) in [5.41, 5.74) is 2.80. The molecule has 2 N–H and O–H groups in total. The van der Waals surface area contributed by atoms with E-state index < -0.39 is 0 Å². The minimum Gasteiger partial charge on any atom is -0.497 e. The molecule has 0 fully saturated rings. The van der Waals surface area contributed by atoms with E-state index in [2.05, 4.69) is 36.6 Å². The lowest BCUT2D eigenvalue weighted by Crippen LogP contribution is -2.29. The Morgan fingerprint density at radius 1 is 1.16 bits per heavy atom. The first-order valence-corrected chi connectivity index (χ1v) is 10.7. The van der Waals surface area contributed by atoms with E-state index in [1.54, 1.807) is 42.1 Å². The lowest BCUT2D eigenvalue weighted by atomic mass is 10.1. The molecule has 2 heterocycles. The molecule has 158 valence electrons. The molecule has 0 atom stereocenters. The molecule has 2 aromatic heterocycles. The number of rotatable bonds is 7. The number of aromatic nitrogens is 3. The van der Waals surface area contributed by atoms with Gasteiger partial charge in [-0.25, -0.2) is 4.98 Å². The molecule has 0 saturated heterocycles. The standard InChI is InChI=1S/C22H19BrClN5O2/c1-31-15-8-6-14(7-9-15)22(30)26-11-10-25-20-12-19(16-4-2-3-5-18(16)24)28-21-17(23)13-27-29(20)21/h2-9,12-13,25H,10-11H2,1H3,(H,26,30). The van der Waals surface area contributed by atoms with E-state index >= 15 is 0 Å². The largest absolute Gasteiger partial charge is 0.497 e. The number of amides is 1. The molecular formula is C22H19BrClN5O2. The molecular weight excluding hydrogens is 482 g/mol. The van der Waals surface area contributed by atoms with Crippen LogP contribution in [0.25, 0.3) is 16.9 Å². The van der Waals surface area contributed by atoms with Crippen molar-refractivity contribution in [1.82, 2.24) is 19.9 Å². The first kappa shape index (κ1) is 21.1. The van der Waals surface area contributed by atoms with Crippen LogP contribution in [0.5, 0.6) is 5.75 Å². The summed E-state index contributed by atoms with van der Waals surface area (Å²) >= 11 is 9.86. The molecule has 0 aliphatic heterocycles. The summed E-state index contributed by atoms with van der Waals surface area (Å²) < 4.78 is 7.59. The highest BCUT2D eigenvalue weighted by Gasteiger charge is 2.13. The molecule has 4 rings (SSSR count). The number of nitrogens with zero attached hydrogens (tertiary/aromatic N) is 3. The van der Waals surface area contributed by atoms with Gasteiger partial charge in [0, 0.05) is 35.3 Å². The van der Waals surface area contributed by atoms with Crippen molar-refractivity contribution in [2.75, 3.05) is 25.5 Å². The molecule has 0 radical (unpaired) electrons. The highest BCUT2D eigenvalue weighted by Crippen LogP contribution is 2.30. The van der Waals surface area contributed by atoms with Crippen molar-refractivity contribution < 1.29 is 9.53 Å². The summed E-state index contributed by atoms with van der Waals surface area (Å²) in [7, 11) is 1.59. The molecule has 2 aromatic carbocycles. The third-order valence-corrected chi connectivity index (χ3v) is 5.54. The molecule has 0 bridgehead atoms. The van der Waals surface area contributed by atoms with Crippen LogP contribution >= 0.6 is 27.5 Å². The fourth-order valence-electron chi connectivity index (χ4n) is 3.08. The summed E-state index contributed by atoms with van der Waals surface area (Å²) in [6.07, 6.45) is 1.69. The molecule has 1 amide bonds. The van der Waals surface area contributed by atoms with Crippen molar-refractivity contribution in [2.24, 2.45) is 0 Å². The van der Waals surface area contributed by atoms with E-state index in [1.807, 2.05) is 30.3 Å². The fourth-order valence-corrected chi connectivity index (χ4v) is 3.66. The smallest absolute Gasteiger partial charge is 0.251 e. The normalized spacial score (nSPS) is 10.8. The van der Waals surface area contributed by atoms with E-state index in [4.69, 9.17) is 16.3 Å². The maximum atomic E-state index is 12.3. The minimum atomic E-state index is -0.150. The predicted octanol–water partition coefficient (Wildman–Crippen LogP) is 4.66. The third kappa shape index (κ3) is 4.65. The Morgan fingerprint density at radius 2 is 1.94 bits per heavy atom. The van der Waals surface area contributed by atoms with Crippen molar-refractivity contribution in [3.05, 3.63) is 75.9 Å². The maximum Gasteiger partial charge on any atom is 0.251 e. The molecule has 0 spiro atoms. The Bertz CT molecular complexity index is 1230. The number of benzene rings is 2. The molecule has 0 unspecified atom stereocenters. The van der Waals surface area contributed by atoms with Gasteiger partial charge >= 0.3 is 0 Å². The van der Waals surface area contributed by atoms with Crippen LogP contribution in [0.2, 0.25) is 5.02 Å². The van der Waals surface area contributed by atoms with Crippen molar-refractivity contribution in [3.63, 3.8) is 0 Å². The fraction of sp³-hybridized carbons (Fsp3) is 0.136. The number of anilines is 1. The van der Waals surface area contributed by atoms with Crippen LogP contribution in [0.1, 0.15) is 10.4 Å². The Balaban J connectivity index is 1.48. The van der Waals surface area contributed by atoms with Crippen molar-refractivity contribution in [3.8, 4) is 17.0 Å². The van der Waals surface area contributed by atoms with Gasteiger partial charge in [0.1, 0.15) is 11.6 Å². The second-order valence-corrected chi connectivity index (χ2v) is 7.91. The molecule has 0 aliphatic carbocycles. The Hall–Kier alpha value is -3.10. The number of carbonyl (C=O) groups excluding carboxylic acids is 1. The Morgan fingerprint density at radius 3 is 2.68 bits per heavy atom. The number of ether oxygens (including phenoxy) is 1. The van der Waals surface area contributed by atoms with Gasteiger partial charge in [0.05, 0.1) is 23.5 Å². The lowest BCUT2D eigenvalue weighted by molar-refractivity contribution is 0.0955. The average Bonchev–Trinajstić information content (AvgIpc) is 3.17. The van der Waals surface area contributed by atoms with Crippen LogP contribution in [0.15, 0.2) is 65.3 Å². The third-order valence-electron chi connectivity index (χ3n) is 4.65. The number of fused-ring (bicyclic) bond motifs is 1. The van der Waals surface area contributed by atoms with E-state index in [9.17, 15) is 4.79 Å². The number of halogens is 2. The van der Waals surface area contributed by atoms with Gasteiger partial charge in [-0.05, 0) is 46.3 Å². The molecule has 9 heteroatoms. The van der Waals surface area contributed by atoms with E-state index in [0.29, 0.717) is 35.1 Å². The van der Waals surface area contributed by atoms with Crippen LogP contribution in [0.4, 0.5) is 5.82 Å². The second kappa shape index (κ2) is 9.36. The number of carbonyl (C=O) groups is 1. The maximum absolute atomic E-state index is 12.3. The van der Waals surface area contributed by atoms with Crippen LogP contribution in [0, 0.1) is 0 Å². The van der Waals surface area contributed by atoms with Gasteiger partial charge in [0.25, 0.3) is 5.91 Å². The second-order valence-electron chi connectivity index (χ2n) is 6.65. The summed E-state index contributed by atoms with van der Waals surface area (Å²) in [6, 6.07) is 16.4. The van der Waals surface area contributed by atoms with E-state index in [-0.39, 0.29) is 5.91 Å². The molecule has 7 nitrogen and oxygen atoms in total. The van der Waals surface area contributed by atoms with Crippen molar-refractivity contribution in [2.45, 2.75) is 0 Å². The number of methoxy groups -OCH3 is 1. The monoisotopic (exact) mass is 499 g/mol. The van der Waals surface area contributed by atoms with E-state index in [0.717, 1.165) is 21.5 Å². The van der Waals surface area contributed by atoms with Crippen LogP contribution < -0.4 is 15.4 Å². The quantitative estimate of drug-likeness (QED) is 0.361. The lowest BCUT2D eigenvalue weighted by Gasteiger charge is -2.12. The number of hydrogen-bond acceptors (Lipinski definition) is 5. The van der Waals surface area contributed by atoms with Gasteiger partial charge in [-0.1, -0.05) is 29.8 Å². The summed E-state index contributed by atoms with van der Waals surface area (Å²) in [5, 5.41) is 11.2. The zero-order valence-corrected chi connectivity index (χ0v) is 18.9. The number of hydrogen-bond donors (Lipinski definition) is 2. The average molecular weight is 501 g/mol. The topological polar surface area (TPSA) is 80.5 Å². The first-order valence-electron chi connectivity index (χ1n) is 9.52. The highest BCUT2D eigenvalue weighted by molar-refractivity contribution is 9.10. The summed E-state index contributed by atoms with van der Waals surface area (Å²) in [4.78, 5) is 17.0. The van der Waals surface area contributed by atoms with Crippen LogP contribution in [-0.2, 0) is 0 Å². The summed E-state index contributed by atoms with van der Waals surface area (Å²) in [5.74, 6) is 1.30. The van der Waals surface area contributed by atoms with Gasteiger partial charge in [-0.15, -0.1) is 0 Å². The van der Waals surface area contributed by atoms with Gasteiger partial charge in [0.15, 0.2) is 5.65 Å². The van der Waals surface area contributed by atoms with Crippen LogP contribution in [-0.4, -0.2) is 40.7 Å². The summed E-state index contributed by atoms with van der Waals surface area (Å²) in [6.45, 7) is 0.930. The zero-order valence-electron chi connectivity index (χ0n) is 16.6. The molecule has 0 aliphatic rings. The SMILES string of the molecule is COc1ccc(C(=O)NCCNc2cc(-c3ccccc3Cl)nc3c(Br)cnn23)cc1. The predicted molar refractivity (Wildman–Crippen MR) is 125 cm³/mol. The van der Waals surface area contributed by atoms with E-state index in [1.165, 1.54) is 0 Å². The first-order chi connectivity index (χ1) is 15.1. The van der Waals surface area contributed by atoms with Crippen molar-refractivity contribution in [1.29, 1.82) is 0 Å². The number of nitrogens with one attached hydrogen (secondary N) is 2. The molecule has 31 heavy (non-hydrogen) atoms. The molecule has 0 saturated carbocycles. The zero-order chi connectivity index (χ0) is 21.8. The van der Waals surface area contributed by atoms with Crippen LogP contribution in [0.3, 0.4) is 0 Å². The van der Waals surface area contributed by atoms with Crippen molar-refractivity contribution >= 4 is 44.9 Å². The van der Waals surface area contributed by atoms with Gasteiger partial charge in [-0.2, -0.15) is 9.61 Å². The Labute approximate surface area is 192 Å². The minimum absolute atomic E-state index is 0.150. The van der Waals surface area contributed by atoms with Gasteiger partial charge in [-0.3, -0.25) is 4.79 Å². The molecule has 4 aromatic rings.